The maximum atomic E-state index is 11.3. The summed E-state index contributed by atoms with van der Waals surface area (Å²) in [6.07, 6.45) is 5.33. The second kappa shape index (κ2) is 8.16. The number of hydrogen-bond donors (Lipinski definition) is 1. The molecule has 2 N–H and O–H groups in total. The van der Waals surface area contributed by atoms with Gasteiger partial charge in [-0.2, -0.15) is 11.8 Å². The van der Waals surface area contributed by atoms with Gasteiger partial charge in [0.1, 0.15) is 11.9 Å². The zero-order chi connectivity index (χ0) is 13.4. The number of carbonyl (C=O) groups excluding carboxylic acids is 1. The fourth-order valence-corrected chi connectivity index (χ4v) is 2.43. The summed E-state index contributed by atoms with van der Waals surface area (Å²) in [6, 6.07) is -0.495. The summed E-state index contributed by atoms with van der Waals surface area (Å²) in [5.74, 6) is 2.63. The van der Waals surface area contributed by atoms with Crippen molar-refractivity contribution in [1.82, 2.24) is 9.55 Å². The van der Waals surface area contributed by atoms with Crippen LogP contribution in [0.3, 0.4) is 0 Å². The Morgan fingerprint density at radius 3 is 3.00 bits per heavy atom. The van der Waals surface area contributed by atoms with Gasteiger partial charge < -0.3 is 15.0 Å². The maximum absolute atomic E-state index is 11.3. The summed E-state index contributed by atoms with van der Waals surface area (Å²) >= 11 is 1.78. The van der Waals surface area contributed by atoms with Crippen molar-refractivity contribution in [2.45, 2.75) is 25.8 Å². The van der Waals surface area contributed by atoms with Crippen LogP contribution in [0.5, 0.6) is 0 Å². The number of aryl methyl sites for hydroxylation is 2. The van der Waals surface area contributed by atoms with Gasteiger partial charge in [0.15, 0.2) is 0 Å². The van der Waals surface area contributed by atoms with Gasteiger partial charge in [-0.15, -0.1) is 0 Å². The topological polar surface area (TPSA) is 70.1 Å². The van der Waals surface area contributed by atoms with E-state index in [0.717, 1.165) is 23.8 Å². The first kappa shape index (κ1) is 15.0. The second-order valence-corrected chi connectivity index (χ2v) is 5.19. The van der Waals surface area contributed by atoms with Crippen LogP contribution in [0.15, 0.2) is 12.4 Å². The molecule has 0 amide bonds. The lowest BCUT2D eigenvalue weighted by Gasteiger charge is -2.09. The van der Waals surface area contributed by atoms with Crippen molar-refractivity contribution < 1.29 is 9.53 Å². The molecule has 6 heteroatoms. The molecule has 0 saturated carbocycles. The molecule has 0 bridgehead atoms. The Morgan fingerprint density at radius 1 is 1.61 bits per heavy atom. The number of rotatable bonds is 8. The number of aromatic nitrogens is 2. The number of esters is 1. The fourth-order valence-electron chi connectivity index (χ4n) is 1.48. The van der Waals surface area contributed by atoms with E-state index in [1.807, 2.05) is 17.8 Å². The number of nitrogens with two attached hydrogens (primary N) is 1. The number of thioether (sulfide) groups is 1. The van der Waals surface area contributed by atoms with E-state index in [9.17, 15) is 4.79 Å². The van der Waals surface area contributed by atoms with Gasteiger partial charge >= 0.3 is 5.97 Å². The Kier molecular flexibility index (Phi) is 6.82. The van der Waals surface area contributed by atoms with Crippen LogP contribution in [0.4, 0.5) is 0 Å². The first-order chi connectivity index (χ1) is 8.65. The highest BCUT2D eigenvalue weighted by Gasteiger charge is 2.13. The Morgan fingerprint density at radius 2 is 2.39 bits per heavy atom. The third-order valence-corrected chi connectivity index (χ3v) is 3.57. The van der Waals surface area contributed by atoms with Crippen molar-refractivity contribution in [2.24, 2.45) is 12.8 Å². The molecule has 1 heterocycles. The molecule has 5 nitrogen and oxygen atoms in total. The van der Waals surface area contributed by atoms with Gasteiger partial charge in [0, 0.05) is 31.6 Å². The van der Waals surface area contributed by atoms with E-state index in [1.165, 1.54) is 0 Å². The molecule has 102 valence electrons. The zero-order valence-electron chi connectivity index (χ0n) is 11.0. The molecule has 1 atom stereocenters. The van der Waals surface area contributed by atoms with Gasteiger partial charge in [0.25, 0.3) is 0 Å². The summed E-state index contributed by atoms with van der Waals surface area (Å²) in [6.45, 7) is 2.17. The van der Waals surface area contributed by atoms with Gasteiger partial charge in [-0.1, -0.05) is 0 Å². The van der Waals surface area contributed by atoms with Crippen LogP contribution in [-0.2, 0) is 23.0 Å². The third-order valence-electron chi connectivity index (χ3n) is 2.55. The number of carbonyl (C=O) groups is 1. The van der Waals surface area contributed by atoms with Crippen LogP contribution in [0, 0.1) is 0 Å². The van der Waals surface area contributed by atoms with Gasteiger partial charge in [0.05, 0.1) is 6.61 Å². The largest absolute Gasteiger partial charge is 0.465 e. The van der Waals surface area contributed by atoms with E-state index in [2.05, 4.69) is 4.98 Å². The molecule has 1 aromatic rings. The van der Waals surface area contributed by atoms with Crippen LogP contribution in [0.2, 0.25) is 0 Å². The Bertz CT molecular complexity index is 368. The van der Waals surface area contributed by atoms with E-state index in [1.54, 1.807) is 24.9 Å². The van der Waals surface area contributed by atoms with Gasteiger partial charge in [-0.25, -0.2) is 4.98 Å². The smallest absolute Gasteiger partial charge is 0.322 e. The van der Waals surface area contributed by atoms with Crippen LogP contribution < -0.4 is 5.73 Å². The molecule has 0 aliphatic carbocycles. The molecule has 0 spiro atoms. The van der Waals surface area contributed by atoms with Crippen molar-refractivity contribution in [1.29, 1.82) is 0 Å². The Hall–Kier alpha value is -1.01. The average Bonchev–Trinajstić information content (AvgIpc) is 2.74. The summed E-state index contributed by atoms with van der Waals surface area (Å²) in [7, 11) is 1.99. The lowest BCUT2D eigenvalue weighted by atomic mass is 10.2. The van der Waals surface area contributed by atoms with E-state index in [0.29, 0.717) is 13.0 Å². The maximum Gasteiger partial charge on any atom is 0.322 e. The predicted molar refractivity (Wildman–Crippen MR) is 73.5 cm³/mol. The normalized spacial score (nSPS) is 12.4. The van der Waals surface area contributed by atoms with Crippen molar-refractivity contribution in [3.63, 3.8) is 0 Å². The molecule has 0 saturated heterocycles. The molecule has 0 radical (unpaired) electrons. The van der Waals surface area contributed by atoms with Crippen molar-refractivity contribution in [3.05, 3.63) is 18.2 Å². The molecular weight excluding hydrogens is 250 g/mol. The monoisotopic (exact) mass is 271 g/mol. The molecule has 1 aromatic heterocycles. The number of imidazole rings is 1. The molecule has 1 rings (SSSR count). The van der Waals surface area contributed by atoms with E-state index >= 15 is 0 Å². The minimum Gasteiger partial charge on any atom is -0.465 e. The lowest BCUT2D eigenvalue weighted by molar-refractivity contribution is -0.144. The molecule has 0 aliphatic heterocycles. The standard InChI is InChI=1S/C12H21N3O2S/c1-3-17-12(16)10(13)4-8-18-9-5-11-14-6-7-15(11)2/h6-7,10H,3-5,8-9,13H2,1-2H3. The molecule has 0 aliphatic rings. The lowest BCUT2D eigenvalue weighted by Crippen LogP contribution is -2.32. The SMILES string of the molecule is CCOC(=O)C(N)CCSCCc1nccn1C. The van der Waals surface area contributed by atoms with Crippen molar-refractivity contribution in [2.75, 3.05) is 18.1 Å². The Labute approximate surface area is 112 Å². The number of ether oxygens (including phenoxy) is 1. The fraction of sp³-hybridized carbons (Fsp3) is 0.667. The quantitative estimate of drug-likeness (QED) is 0.564. The summed E-state index contributed by atoms with van der Waals surface area (Å²) in [5.41, 5.74) is 5.70. The van der Waals surface area contributed by atoms with Crippen LogP contribution in [0.1, 0.15) is 19.2 Å². The van der Waals surface area contributed by atoms with Crippen LogP contribution >= 0.6 is 11.8 Å². The molecule has 1 unspecified atom stereocenters. The highest BCUT2D eigenvalue weighted by atomic mass is 32.2. The summed E-state index contributed by atoms with van der Waals surface area (Å²) in [4.78, 5) is 15.5. The van der Waals surface area contributed by atoms with Gasteiger partial charge in [0.2, 0.25) is 0 Å². The van der Waals surface area contributed by atoms with E-state index in [-0.39, 0.29) is 5.97 Å². The minimum absolute atomic E-state index is 0.304. The van der Waals surface area contributed by atoms with Gasteiger partial charge in [-0.05, 0) is 19.1 Å². The van der Waals surface area contributed by atoms with Crippen molar-refractivity contribution in [3.8, 4) is 0 Å². The first-order valence-corrected chi connectivity index (χ1v) is 7.26. The highest BCUT2D eigenvalue weighted by Crippen LogP contribution is 2.08. The highest BCUT2D eigenvalue weighted by molar-refractivity contribution is 7.99. The van der Waals surface area contributed by atoms with Crippen molar-refractivity contribution >= 4 is 17.7 Å². The molecule has 0 fully saturated rings. The predicted octanol–water partition coefficient (Wildman–Crippen LogP) is 0.976. The number of hydrogen-bond acceptors (Lipinski definition) is 5. The summed E-state index contributed by atoms with van der Waals surface area (Å²) < 4.78 is 6.87. The number of nitrogens with zero attached hydrogens (tertiary/aromatic N) is 2. The molecule has 18 heavy (non-hydrogen) atoms. The minimum atomic E-state index is -0.495. The Balaban J connectivity index is 2.08. The van der Waals surface area contributed by atoms with Gasteiger partial charge in [-0.3, -0.25) is 4.79 Å². The van der Waals surface area contributed by atoms with Crippen LogP contribution in [-0.4, -0.2) is 39.7 Å². The molecular formula is C12H21N3O2S. The summed E-state index contributed by atoms with van der Waals surface area (Å²) in [5, 5.41) is 0. The first-order valence-electron chi connectivity index (χ1n) is 6.11. The van der Waals surface area contributed by atoms with Crippen LogP contribution in [0.25, 0.3) is 0 Å². The zero-order valence-corrected chi connectivity index (χ0v) is 11.8. The second-order valence-electron chi connectivity index (χ2n) is 3.96. The van der Waals surface area contributed by atoms with E-state index < -0.39 is 6.04 Å². The average molecular weight is 271 g/mol. The molecule has 0 aromatic carbocycles. The third kappa shape index (κ3) is 5.10. The van der Waals surface area contributed by atoms with E-state index in [4.69, 9.17) is 10.5 Å².